The summed E-state index contributed by atoms with van der Waals surface area (Å²) in [6, 6.07) is 8.84. The zero-order valence-electron chi connectivity index (χ0n) is 28.3. The van der Waals surface area contributed by atoms with E-state index in [2.05, 4.69) is 21.3 Å². The number of hydrogen-bond donors (Lipinski definition) is 4. The SMILES string of the molecule is CNC(=O)C(=O)CC[C@H](NC(=O)c1oc2ccccc2c1C)C(=O)Nc1cccn(CC(=O)N[C@]23CC4C5CC6CC4[C@H](C2)C(C6)[C@@H]5C3)c1=O. The number of aryl methyl sites for hydroxylation is 1. The smallest absolute Gasteiger partial charge is 0.287 e. The van der Waals surface area contributed by atoms with Crippen molar-refractivity contribution in [3.63, 3.8) is 0 Å². The summed E-state index contributed by atoms with van der Waals surface area (Å²) in [5, 5.41) is 11.6. The molecule has 0 unspecified atom stereocenters. The molecule has 1 atom stereocenters. The van der Waals surface area contributed by atoms with Crippen molar-refractivity contribution < 1.29 is 28.4 Å². The summed E-state index contributed by atoms with van der Waals surface area (Å²) < 4.78 is 7.04. The molecule has 0 aliphatic heterocycles. The minimum Gasteiger partial charge on any atom is -0.451 e. The Hall–Kier alpha value is -4.74. The number of amides is 4. The Morgan fingerprint density at radius 3 is 2.22 bits per heavy atom. The number of furan rings is 1. The van der Waals surface area contributed by atoms with E-state index in [1.807, 2.05) is 12.1 Å². The predicted octanol–water partition coefficient (Wildman–Crippen LogP) is 3.31. The van der Waals surface area contributed by atoms with Crippen molar-refractivity contribution in [3.8, 4) is 0 Å². The monoisotopic (exact) mass is 681 g/mol. The summed E-state index contributed by atoms with van der Waals surface area (Å²) in [7, 11) is 1.33. The number of nitrogens with one attached hydrogen (secondary N) is 4. The molecular weight excluding hydrogens is 638 g/mol. The van der Waals surface area contributed by atoms with Crippen LogP contribution in [0, 0.1) is 48.3 Å². The van der Waals surface area contributed by atoms with Crippen molar-refractivity contribution in [3.05, 3.63) is 64.3 Å². The lowest BCUT2D eigenvalue weighted by Crippen LogP contribution is -2.71. The number of pyridine rings is 1. The third-order valence-corrected chi connectivity index (χ3v) is 12.8. The van der Waals surface area contributed by atoms with Crippen molar-refractivity contribution in [2.24, 2.45) is 41.4 Å². The van der Waals surface area contributed by atoms with E-state index in [-0.39, 0.29) is 42.3 Å². The summed E-state index contributed by atoms with van der Waals surface area (Å²) in [4.78, 5) is 78.2. The molecule has 8 bridgehead atoms. The summed E-state index contributed by atoms with van der Waals surface area (Å²) >= 11 is 0. The summed E-state index contributed by atoms with van der Waals surface area (Å²) in [6.45, 7) is 1.54. The topological polar surface area (TPSA) is 169 Å². The maximum Gasteiger partial charge on any atom is 0.287 e. The summed E-state index contributed by atoms with van der Waals surface area (Å²) in [5.74, 6) is 2.27. The van der Waals surface area contributed by atoms with Crippen molar-refractivity contribution in [1.82, 2.24) is 20.5 Å². The number of rotatable bonds is 11. The number of aromatic nitrogens is 1. The number of ketones is 1. The standard InChI is InChI=1S/C38H43N5O7/c1-19-21-6-3-4-8-31(21)50-33(19)36(48)40-28(9-10-30(44)35(47)39-2)34(46)41-29-7-5-11-43(37(29)49)18-32(45)42-38-15-25-22-12-20-13-23(25)27(17-38)24(14-20)26(22)16-38/h3-8,11,20,22-28H,9-10,12-18H2,1-2H3,(H,39,47)(H,40,48)(H,41,46)(H,42,45)/t20?,22?,23?,24?,25-,26+,27?,28-,38-/m0/s1. The van der Waals surface area contributed by atoms with Gasteiger partial charge in [-0.15, -0.1) is 0 Å². The quantitative estimate of drug-likeness (QED) is 0.225. The van der Waals surface area contributed by atoms with Crippen LogP contribution in [0.2, 0.25) is 0 Å². The van der Waals surface area contributed by atoms with Crippen LogP contribution in [0.15, 0.2) is 51.8 Å². The first-order chi connectivity index (χ1) is 24.0. The summed E-state index contributed by atoms with van der Waals surface area (Å²) in [5.41, 5.74) is 0.231. The van der Waals surface area contributed by atoms with Crippen LogP contribution in [0.4, 0.5) is 5.69 Å². The van der Waals surface area contributed by atoms with Crippen LogP contribution in [0.3, 0.4) is 0 Å². The molecule has 4 amide bonds. The first-order valence-electron chi connectivity index (χ1n) is 17.9. The lowest BCUT2D eigenvalue weighted by molar-refractivity contribution is -0.215. The van der Waals surface area contributed by atoms with Gasteiger partial charge in [-0.2, -0.15) is 0 Å². The molecule has 1 aromatic carbocycles. The largest absolute Gasteiger partial charge is 0.451 e. The van der Waals surface area contributed by atoms with Crippen LogP contribution in [0.1, 0.15) is 67.5 Å². The number of likely N-dealkylation sites (N-methyl/N-ethyl adjacent to an activating group) is 1. The molecule has 2 heterocycles. The highest BCUT2D eigenvalue weighted by molar-refractivity contribution is 6.36. The highest BCUT2D eigenvalue weighted by Gasteiger charge is 2.67. The van der Waals surface area contributed by atoms with Gasteiger partial charge in [-0.05, 0) is 111 Å². The van der Waals surface area contributed by atoms with E-state index in [1.165, 1.54) is 43.1 Å². The van der Waals surface area contributed by atoms with Gasteiger partial charge in [0.25, 0.3) is 17.4 Å². The minimum atomic E-state index is -1.29. The first kappa shape index (κ1) is 32.5. The van der Waals surface area contributed by atoms with Crippen LogP contribution in [0.5, 0.6) is 0 Å². The van der Waals surface area contributed by atoms with Crippen LogP contribution >= 0.6 is 0 Å². The summed E-state index contributed by atoms with van der Waals surface area (Å²) in [6.07, 6.45) is 8.17. The van der Waals surface area contributed by atoms with Crippen LogP contribution in [-0.2, 0) is 25.7 Å². The number of Topliss-reactive ketones (excluding diaryl/α,β-unsaturated/α-hetero) is 1. The number of anilines is 1. The van der Waals surface area contributed by atoms with Gasteiger partial charge in [-0.3, -0.25) is 28.8 Å². The predicted molar refractivity (Wildman–Crippen MR) is 183 cm³/mol. The van der Waals surface area contributed by atoms with E-state index in [0.717, 1.165) is 48.3 Å². The molecule has 0 spiro atoms. The molecule has 262 valence electrons. The van der Waals surface area contributed by atoms with E-state index in [9.17, 15) is 28.8 Å². The van der Waals surface area contributed by atoms with Gasteiger partial charge in [0.05, 0.1) is 0 Å². The average molecular weight is 682 g/mol. The third-order valence-electron chi connectivity index (χ3n) is 12.8. The van der Waals surface area contributed by atoms with E-state index in [4.69, 9.17) is 4.42 Å². The van der Waals surface area contributed by atoms with Crippen LogP contribution in [0.25, 0.3) is 11.0 Å². The molecule has 50 heavy (non-hydrogen) atoms. The van der Waals surface area contributed by atoms with E-state index >= 15 is 0 Å². The number of hydrogen-bond acceptors (Lipinski definition) is 7. The van der Waals surface area contributed by atoms with Gasteiger partial charge in [0.15, 0.2) is 5.76 Å². The number of fused-ring (bicyclic) bond motifs is 1. The second kappa shape index (κ2) is 12.2. The van der Waals surface area contributed by atoms with E-state index in [1.54, 1.807) is 25.1 Å². The van der Waals surface area contributed by atoms with Crippen molar-refractivity contribution in [2.75, 3.05) is 12.4 Å². The van der Waals surface area contributed by atoms with Gasteiger partial charge in [-0.25, -0.2) is 0 Å². The van der Waals surface area contributed by atoms with Gasteiger partial charge in [0, 0.05) is 36.2 Å². The zero-order valence-corrected chi connectivity index (χ0v) is 28.3. The normalized spacial score (nSPS) is 30.2. The van der Waals surface area contributed by atoms with Gasteiger partial charge < -0.3 is 30.3 Å². The molecule has 7 aliphatic rings. The zero-order chi connectivity index (χ0) is 34.9. The highest BCUT2D eigenvalue weighted by atomic mass is 16.3. The molecule has 7 saturated carbocycles. The van der Waals surface area contributed by atoms with E-state index < -0.39 is 35.1 Å². The number of carbonyl (C=O) groups is 5. The molecule has 12 nitrogen and oxygen atoms in total. The molecule has 3 aromatic rings. The fourth-order valence-corrected chi connectivity index (χ4v) is 10.9. The Labute approximate surface area is 289 Å². The maximum atomic E-state index is 13.6. The lowest BCUT2D eigenvalue weighted by Gasteiger charge is -2.72. The van der Waals surface area contributed by atoms with Crippen LogP contribution in [-0.4, -0.2) is 52.6 Å². The van der Waals surface area contributed by atoms with Crippen LogP contribution < -0.4 is 26.8 Å². The highest BCUT2D eigenvalue weighted by Crippen LogP contribution is 2.72. The second-order valence-electron chi connectivity index (χ2n) is 15.5. The maximum absolute atomic E-state index is 13.6. The molecule has 10 rings (SSSR count). The number of para-hydroxylation sites is 1. The number of carbonyl (C=O) groups excluding carboxylic acids is 5. The Balaban J connectivity index is 0.958. The van der Waals surface area contributed by atoms with Crippen molar-refractivity contribution in [2.45, 2.75) is 76.4 Å². The molecular formula is C38H43N5O7. The Kier molecular flexibility index (Phi) is 7.95. The average Bonchev–Trinajstić information content (AvgIpc) is 3.45. The second-order valence-corrected chi connectivity index (χ2v) is 15.5. The van der Waals surface area contributed by atoms with Gasteiger partial charge in [-0.1, -0.05) is 18.2 Å². The van der Waals surface area contributed by atoms with Crippen molar-refractivity contribution >= 4 is 46.1 Å². The van der Waals surface area contributed by atoms with Crippen molar-refractivity contribution in [1.29, 1.82) is 0 Å². The Bertz CT molecular complexity index is 1920. The molecule has 0 radical (unpaired) electrons. The van der Waals surface area contributed by atoms with E-state index in [0.29, 0.717) is 28.9 Å². The van der Waals surface area contributed by atoms with Gasteiger partial charge in [0.2, 0.25) is 17.6 Å². The third kappa shape index (κ3) is 5.43. The molecule has 0 saturated heterocycles. The fraction of sp³-hybridized carbons (Fsp3) is 0.526. The molecule has 12 heteroatoms. The van der Waals surface area contributed by atoms with Gasteiger partial charge in [0.1, 0.15) is 23.9 Å². The Morgan fingerprint density at radius 1 is 0.920 bits per heavy atom. The minimum absolute atomic E-state index is 0.00817. The van der Waals surface area contributed by atoms with Gasteiger partial charge >= 0.3 is 0 Å². The fourth-order valence-electron chi connectivity index (χ4n) is 10.9. The number of nitrogens with zero attached hydrogens (tertiary/aromatic N) is 1. The molecule has 7 aliphatic carbocycles. The number of benzene rings is 1. The molecule has 7 fully saturated rings. The lowest BCUT2D eigenvalue weighted by atomic mass is 9.34. The molecule has 2 aromatic heterocycles. The molecule has 4 N–H and O–H groups in total. The first-order valence-corrected chi connectivity index (χ1v) is 17.9. The Morgan fingerprint density at radius 2 is 1.58 bits per heavy atom.